The minimum Gasteiger partial charge on any atom is -0.345 e. The van der Waals surface area contributed by atoms with Gasteiger partial charge in [0.05, 0.1) is 6.54 Å². The van der Waals surface area contributed by atoms with Crippen molar-refractivity contribution in [3.63, 3.8) is 0 Å². The van der Waals surface area contributed by atoms with E-state index in [1.807, 2.05) is 17.8 Å². The van der Waals surface area contributed by atoms with Crippen molar-refractivity contribution in [1.29, 1.82) is 0 Å². The standard InChI is InChI=1S/C8H11N3O/c1-3-8(12)10-6-7-9-4-5-11(7)2/h3-5H,1,6H2,2H3,(H,10,12). The largest absolute Gasteiger partial charge is 0.345 e. The second-order valence-corrected chi connectivity index (χ2v) is 2.38. The molecule has 1 aromatic heterocycles. The van der Waals surface area contributed by atoms with Gasteiger partial charge in [0.15, 0.2) is 0 Å². The van der Waals surface area contributed by atoms with Crippen LogP contribution in [0.15, 0.2) is 25.0 Å². The maximum absolute atomic E-state index is 10.8. The van der Waals surface area contributed by atoms with Crippen molar-refractivity contribution >= 4 is 5.91 Å². The minimum absolute atomic E-state index is 0.182. The molecule has 0 fully saturated rings. The zero-order valence-electron chi connectivity index (χ0n) is 6.95. The molecule has 1 N–H and O–H groups in total. The van der Waals surface area contributed by atoms with Crippen LogP contribution in [-0.2, 0) is 18.4 Å². The summed E-state index contributed by atoms with van der Waals surface area (Å²) in [4.78, 5) is 14.8. The van der Waals surface area contributed by atoms with Gasteiger partial charge in [-0.05, 0) is 6.08 Å². The molecule has 1 aromatic rings. The topological polar surface area (TPSA) is 46.9 Å². The molecule has 0 bridgehead atoms. The molecule has 1 rings (SSSR count). The molecule has 0 aliphatic carbocycles. The van der Waals surface area contributed by atoms with Gasteiger partial charge in [0.2, 0.25) is 5.91 Å². The van der Waals surface area contributed by atoms with E-state index in [9.17, 15) is 4.79 Å². The molecule has 4 nitrogen and oxygen atoms in total. The van der Waals surface area contributed by atoms with Crippen LogP contribution in [0.1, 0.15) is 5.82 Å². The van der Waals surface area contributed by atoms with Gasteiger partial charge in [0.25, 0.3) is 0 Å². The van der Waals surface area contributed by atoms with Gasteiger partial charge >= 0.3 is 0 Å². The van der Waals surface area contributed by atoms with Crippen molar-refractivity contribution in [2.45, 2.75) is 6.54 Å². The van der Waals surface area contributed by atoms with E-state index in [2.05, 4.69) is 16.9 Å². The lowest BCUT2D eigenvalue weighted by Gasteiger charge is -2.01. The van der Waals surface area contributed by atoms with Gasteiger partial charge in [-0.1, -0.05) is 6.58 Å². The first-order valence-electron chi connectivity index (χ1n) is 3.60. The third-order valence-corrected chi connectivity index (χ3v) is 1.53. The first kappa shape index (κ1) is 8.52. The van der Waals surface area contributed by atoms with Crippen LogP contribution in [0, 0.1) is 0 Å². The van der Waals surface area contributed by atoms with Crippen LogP contribution < -0.4 is 5.32 Å². The Morgan fingerprint density at radius 2 is 2.67 bits per heavy atom. The monoisotopic (exact) mass is 165 g/mol. The zero-order chi connectivity index (χ0) is 8.97. The van der Waals surface area contributed by atoms with E-state index in [-0.39, 0.29) is 5.91 Å². The highest BCUT2D eigenvalue weighted by Crippen LogP contribution is 1.92. The van der Waals surface area contributed by atoms with E-state index in [4.69, 9.17) is 0 Å². The fraction of sp³-hybridized carbons (Fsp3) is 0.250. The summed E-state index contributed by atoms with van der Waals surface area (Å²) in [5, 5.41) is 2.64. The first-order valence-corrected chi connectivity index (χ1v) is 3.60. The fourth-order valence-electron chi connectivity index (χ4n) is 0.805. The highest BCUT2D eigenvalue weighted by molar-refractivity contribution is 5.86. The molecule has 1 amide bonds. The molecule has 0 saturated carbocycles. The van der Waals surface area contributed by atoms with Crippen molar-refractivity contribution in [3.8, 4) is 0 Å². The van der Waals surface area contributed by atoms with Gasteiger partial charge in [-0.2, -0.15) is 0 Å². The van der Waals surface area contributed by atoms with Crippen LogP contribution in [0.5, 0.6) is 0 Å². The smallest absolute Gasteiger partial charge is 0.243 e. The molecule has 0 radical (unpaired) electrons. The molecular weight excluding hydrogens is 154 g/mol. The quantitative estimate of drug-likeness (QED) is 0.651. The molecule has 4 heteroatoms. The summed E-state index contributed by atoms with van der Waals surface area (Å²) in [6.45, 7) is 3.78. The number of nitrogens with zero attached hydrogens (tertiary/aromatic N) is 2. The Kier molecular flexibility index (Phi) is 2.63. The van der Waals surface area contributed by atoms with Crippen LogP contribution in [0.25, 0.3) is 0 Å². The molecule has 0 saturated heterocycles. The SMILES string of the molecule is C=CC(=O)NCc1nccn1C. The Bertz CT molecular complexity index is 290. The number of hydrogen-bond donors (Lipinski definition) is 1. The summed E-state index contributed by atoms with van der Waals surface area (Å²) < 4.78 is 1.85. The Morgan fingerprint density at radius 3 is 3.17 bits per heavy atom. The number of nitrogens with one attached hydrogen (secondary N) is 1. The molecular formula is C8H11N3O. The van der Waals surface area contributed by atoms with E-state index in [0.717, 1.165) is 5.82 Å². The molecule has 0 aliphatic heterocycles. The highest BCUT2D eigenvalue weighted by Gasteiger charge is 1.99. The van der Waals surface area contributed by atoms with Crippen molar-refractivity contribution in [2.24, 2.45) is 7.05 Å². The molecule has 1 heterocycles. The second-order valence-electron chi connectivity index (χ2n) is 2.38. The van der Waals surface area contributed by atoms with Crippen LogP contribution in [0.4, 0.5) is 0 Å². The fourth-order valence-corrected chi connectivity index (χ4v) is 0.805. The lowest BCUT2D eigenvalue weighted by molar-refractivity contribution is -0.116. The molecule has 64 valence electrons. The van der Waals surface area contributed by atoms with Crippen molar-refractivity contribution in [2.75, 3.05) is 0 Å². The van der Waals surface area contributed by atoms with Gasteiger partial charge in [-0.15, -0.1) is 0 Å². The van der Waals surface area contributed by atoms with Gasteiger partial charge in [-0.25, -0.2) is 4.98 Å². The first-order chi connectivity index (χ1) is 5.74. The summed E-state index contributed by atoms with van der Waals surface area (Å²) >= 11 is 0. The molecule has 0 spiro atoms. The normalized spacial score (nSPS) is 9.42. The highest BCUT2D eigenvalue weighted by atomic mass is 16.1. The number of hydrogen-bond acceptors (Lipinski definition) is 2. The lowest BCUT2D eigenvalue weighted by Crippen LogP contribution is -2.21. The maximum Gasteiger partial charge on any atom is 0.243 e. The van der Waals surface area contributed by atoms with Crippen molar-refractivity contribution in [1.82, 2.24) is 14.9 Å². The average molecular weight is 165 g/mol. The molecule has 0 aromatic carbocycles. The number of aryl methyl sites for hydroxylation is 1. The Labute approximate surface area is 70.9 Å². The molecule has 12 heavy (non-hydrogen) atoms. The predicted octanol–water partition coefficient (Wildman–Crippen LogP) is 0.222. The van der Waals surface area contributed by atoms with E-state index in [1.54, 1.807) is 6.20 Å². The van der Waals surface area contributed by atoms with Crippen LogP contribution in [-0.4, -0.2) is 15.5 Å². The van der Waals surface area contributed by atoms with Gasteiger partial charge < -0.3 is 9.88 Å². The van der Waals surface area contributed by atoms with E-state index < -0.39 is 0 Å². The van der Waals surface area contributed by atoms with Gasteiger partial charge in [-0.3, -0.25) is 4.79 Å². The summed E-state index contributed by atoms with van der Waals surface area (Å²) in [6, 6.07) is 0. The second kappa shape index (κ2) is 3.71. The Balaban J connectivity index is 2.48. The third-order valence-electron chi connectivity index (χ3n) is 1.53. The van der Waals surface area contributed by atoms with Crippen molar-refractivity contribution in [3.05, 3.63) is 30.9 Å². The number of carbonyl (C=O) groups excluding carboxylic acids is 1. The molecule has 0 aliphatic rings. The zero-order valence-corrected chi connectivity index (χ0v) is 6.95. The number of aromatic nitrogens is 2. The van der Waals surface area contributed by atoms with E-state index >= 15 is 0 Å². The summed E-state index contributed by atoms with van der Waals surface area (Å²) in [5.74, 6) is 0.642. The lowest BCUT2D eigenvalue weighted by atomic mass is 10.5. The van der Waals surface area contributed by atoms with E-state index in [1.165, 1.54) is 6.08 Å². The Hall–Kier alpha value is -1.58. The van der Waals surface area contributed by atoms with E-state index in [0.29, 0.717) is 6.54 Å². The Morgan fingerprint density at radius 1 is 1.92 bits per heavy atom. The summed E-state index contributed by atoms with van der Waals surface area (Å²) in [5.41, 5.74) is 0. The summed E-state index contributed by atoms with van der Waals surface area (Å²) in [6.07, 6.45) is 4.76. The number of carbonyl (C=O) groups is 1. The minimum atomic E-state index is -0.182. The number of rotatable bonds is 3. The van der Waals surface area contributed by atoms with Crippen LogP contribution in [0.2, 0.25) is 0 Å². The number of amides is 1. The molecule has 0 unspecified atom stereocenters. The third kappa shape index (κ3) is 1.95. The average Bonchev–Trinajstić information content (AvgIpc) is 2.47. The summed E-state index contributed by atoms with van der Waals surface area (Å²) in [7, 11) is 1.88. The number of imidazole rings is 1. The van der Waals surface area contributed by atoms with Crippen LogP contribution >= 0.6 is 0 Å². The van der Waals surface area contributed by atoms with Crippen LogP contribution in [0.3, 0.4) is 0 Å². The van der Waals surface area contributed by atoms with Crippen molar-refractivity contribution < 1.29 is 4.79 Å². The van der Waals surface area contributed by atoms with Gasteiger partial charge in [0.1, 0.15) is 5.82 Å². The molecule has 0 atom stereocenters. The van der Waals surface area contributed by atoms with Gasteiger partial charge in [0, 0.05) is 19.4 Å². The predicted molar refractivity (Wildman–Crippen MR) is 45.3 cm³/mol. The maximum atomic E-state index is 10.8.